The van der Waals surface area contributed by atoms with Crippen molar-refractivity contribution >= 4 is 85.5 Å². The first-order chi connectivity index (χ1) is 11.5. The second kappa shape index (κ2) is 6.20. The summed E-state index contributed by atoms with van der Waals surface area (Å²) in [6.07, 6.45) is 1.93. The van der Waals surface area contributed by atoms with Crippen LogP contribution in [0.25, 0.3) is 32.9 Å². The molecule has 0 fully saturated rings. The van der Waals surface area contributed by atoms with Crippen LogP contribution in [-0.4, -0.2) is 17.1 Å². The van der Waals surface area contributed by atoms with Gasteiger partial charge < -0.3 is 14.7 Å². The van der Waals surface area contributed by atoms with E-state index in [0.29, 0.717) is 0 Å². The molecule has 2 aromatic carbocycles. The smallest absolute Gasteiger partial charge is 0.144 e. The van der Waals surface area contributed by atoms with Crippen molar-refractivity contribution in [3.05, 3.63) is 48.5 Å². The molecule has 0 aliphatic rings. The molecular formula is C17H10Br4N2O. The zero-order valence-corrected chi connectivity index (χ0v) is 18.7. The lowest BCUT2D eigenvalue weighted by molar-refractivity contribution is 0.419. The van der Waals surface area contributed by atoms with Gasteiger partial charge >= 0.3 is 0 Å². The number of ether oxygens (including phenoxy) is 1. The summed E-state index contributed by atoms with van der Waals surface area (Å²) in [5.41, 5.74) is 4.22. The van der Waals surface area contributed by atoms with Gasteiger partial charge in [0, 0.05) is 47.0 Å². The summed E-state index contributed by atoms with van der Waals surface area (Å²) >= 11 is 14.6. The van der Waals surface area contributed by atoms with Crippen LogP contribution in [0.3, 0.4) is 0 Å². The van der Waals surface area contributed by atoms with Crippen LogP contribution in [0.15, 0.2) is 48.5 Å². The first kappa shape index (κ1) is 16.7. The third-order valence-electron chi connectivity index (χ3n) is 4.01. The van der Waals surface area contributed by atoms with E-state index in [0.717, 1.165) is 56.7 Å². The Morgan fingerprint density at radius 2 is 1.75 bits per heavy atom. The van der Waals surface area contributed by atoms with Crippen LogP contribution in [0.2, 0.25) is 0 Å². The number of aromatic amines is 2. The maximum absolute atomic E-state index is 5.52. The molecule has 0 unspecified atom stereocenters. The van der Waals surface area contributed by atoms with Gasteiger partial charge in [-0.3, -0.25) is 0 Å². The van der Waals surface area contributed by atoms with Crippen molar-refractivity contribution in [2.45, 2.75) is 0 Å². The number of hydrogen-bond acceptors (Lipinski definition) is 1. The number of methoxy groups -OCH3 is 1. The molecule has 0 aliphatic heterocycles. The lowest BCUT2D eigenvalue weighted by Crippen LogP contribution is -1.89. The van der Waals surface area contributed by atoms with E-state index in [-0.39, 0.29) is 0 Å². The Kier molecular flexibility index (Phi) is 4.31. The minimum atomic E-state index is 0.795. The van der Waals surface area contributed by atoms with Gasteiger partial charge in [0.1, 0.15) is 5.75 Å². The van der Waals surface area contributed by atoms with E-state index in [4.69, 9.17) is 4.74 Å². The minimum Gasteiger partial charge on any atom is -0.495 e. The summed E-state index contributed by atoms with van der Waals surface area (Å²) in [6.45, 7) is 0. The van der Waals surface area contributed by atoms with Gasteiger partial charge in [-0.05, 0) is 72.1 Å². The number of fused-ring (bicyclic) bond motifs is 2. The van der Waals surface area contributed by atoms with Gasteiger partial charge in [-0.2, -0.15) is 0 Å². The normalized spacial score (nSPS) is 11.5. The number of rotatable bonds is 2. The number of nitrogens with one attached hydrogen (secondary N) is 2. The molecule has 0 saturated heterocycles. The van der Waals surface area contributed by atoms with Gasteiger partial charge in [-0.15, -0.1) is 0 Å². The summed E-state index contributed by atoms with van der Waals surface area (Å²) < 4.78 is 9.46. The second-order valence-corrected chi connectivity index (χ2v) is 8.74. The standard InChI is InChI=1S/C17H10Br4N2O/c1-24-12-5-9(19)14(15-10(20)6-22-16(12)15)13-8-4-7(18)2-3-11(8)23-17(13)21/h2-6,22-23H,1H3. The predicted molar refractivity (Wildman–Crippen MR) is 113 cm³/mol. The Hall–Kier alpha value is -0.760. The number of halogens is 4. The Balaban J connectivity index is 2.19. The third-order valence-corrected chi connectivity index (χ3v) is 6.35. The molecule has 4 aromatic rings. The van der Waals surface area contributed by atoms with Crippen molar-refractivity contribution in [1.29, 1.82) is 0 Å². The minimum absolute atomic E-state index is 0.795. The van der Waals surface area contributed by atoms with Crippen molar-refractivity contribution in [1.82, 2.24) is 9.97 Å². The van der Waals surface area contributed by atoms with Gasteiger partial charge in [0.25, 0.3) is 0 Å². The van der Waals surface area contributed by atoms with Crippen molar-refractivity contribution in [2.75, 3.05) is 7.11 Å². The first-order valence-electron chi connectivity index (χ1n) is 7.01. The number of H-pyrrole nitrogens is 2. The highest BCUT2D eigenvalue weighted by molar-refractivity contribution is 9.11. The molecule has 0 radical (unpaired) electrons. The van der Waals surface area contributed by atoms with Gasteiger partial charge in [0.05, 0.1) is 17.2 Å². The summed E-state index contributed by atoms with van der Waals surface area (Å²) in [6, 6.07) is 8.20. The Morgan fingerprint density at radius 3 is 2.50 bits per heavy atom. The Labute approximate surface area is 171 Å². The van der Waals surface area contributed by atoms with Crippen molar-refractivity contribution < 1.29 is 4.74 Å². The molecule has 0 saturated carbocycles. The largest absolute Gasteiger partial charge is 0.495 e. The molecule has 0 atom stereocenters. The second-order valence-electron chi connectivity index (χ2n) is 5.33. The van der Waals surface area contributed by atoms with Crippen molar-refractivity contribution in [3.63, 3.8) is 0 Å². The average Bonchev–Trinajstić information content (AvgIpc) is 3.08. The molecule has 2 N–H and O–H groups in total. The molecule has 24 heavy (non-hydrogen) atoms. The van der Waals surface area contributed by atoms with E-state index in [2.05, 4.69) is 85.8 Å². The molecule has 0 aliphatic carbocycles. The zero-order chi connectivity index (χ0) is 17.0. The monoisotopic (exact) mass is 574 g/mol. The third kappa shape index (κ3) is 2.48. The van der Waals surface area contributed by atoms with Gasteiger partial charge in [0.2, 0.25) is 0 Å². The van der Waals surface area contributed by atoms with Crippen LogP contribution >= 0.6 is 63.7 Å². The van der Waals surface area contributed by atoms with Crippen LogP contribution in [0.1, 0.15) is 0 Å². The number of benzene rings is 2. The van der Waals surface area contributed by atoms with Crippen molar-refractivity contribution in [3.8, 4) is 16.9 Å². The summed E-state index contributed by atoms with van der Waals surface area (Å²) in [7, 11) is 1.67. The molecule has 122 valence electrons. The maximum Gasteiger partial charge on any atom is 0.144 e. The van der Waals surface area contributed by atoms with E-state index in [1.807, 2.05) is 18.3 Å². The zero-order valence-electron chi connectivity index (χ0n) is 12.3. The van der Waals surface area contributed by atoms with Crippen LogP contribution in [0.4, 0.5) is 0 Å². The van der Waals surface area contributed by atoms with E-state index in [1.165, 1.54) is 0 Å². The van der Waals surface area contributed by atoms with E-state index in [9.17, 15) is 0 Å². The maximum atomic E-state index is 5.52. The van der Waals surface area contributed by atoms with Gasteiger partial charge in [-0.25, -0.2) is 0 Å². The lowest BCUT2D eigenvalue weighted by Gasteiger charge is -2.11. The number of aromatic nitrogens is 2. The summed E-state index contributed by atoms with van der Waals surface area (Å²) in [4.78, 5) is 6.69. The van der Waals surface area contributed by atoms with Crippen LogP contribution in [-0.2, 0) is 0 Å². The fraction of sp³-hybridized carbons (Fsp3) is 0.0588. The Bertz CT molecular complexity index is 1100. The SMILES string of the molecule is COc1cc(Br)c(-c2c(Br)[nH]c3ccc(Br)cc23)c2c(Br)c[nH]c12. The summed E-state index contributed by atoms with van der Waals surface area (Å²) in [5, 5.41) is 2.21. The highest BCUT2D eigenvalue weighted by atomic mass is 79.9. The first-order valence-corrected chi connectivity index (χ1v) is 10.2. The molecule has 3 nitrogen and oxygen atoms in total. The summed E-state index contributed by atoms with van der Waals surface area (Å²) in [5.74, 6) is 0.795. The number of hydrogen-bond donors (Lipinski definition) is 2. The molecule has 0 spiro atoms. The molecule has 0 bridgehead atoms. The topological polar surface area (TPSA) is 40.8 Å². The highest BCUT2D eigenvalue weighted by Crippen LogP contribution is 2.48. The predicted octanol–water partition coefficient (Wildman–Crippen LogP) is 7.37. The van der Waals surface area contributed by atoms with Crippen LogP contribution in [0, 0.1) is 0 Å². The molecule has 7 heteroatoms. The average molecular weight is 578 g/mol. The van der Waals surface area contributed by atoms with Gasteiger partial charge in [-0.1, -0.05) is 15.9 Å². The van der Waals surface area contributed by atoms with E-state index < -0.39 is 0 Å². The van der Waals surface area contributed by atoms with Crippen molar-refractivity contribution in [2.24, 2.45) is 0 Å². The molecule has 0 amide bonds. The fourth-order valence-corrected chi connectivity index (χ4v) is 5.10. The molecule has 2 heterocycles. The van der Waals surface area contributed by atoms with Crippen LogP contribution in [0.5, 0.6) is 5.75 Å². The highest BCUT2D eigenvalue weighted by Gasteiger charge is 2.21. The molecule has 2 aromatic heterocycles. The Morgan fingerprint density at radius 1 is 0.958 bits per heavy atom. The molecule has 4 rings (SSSR count). The van der Waals surface area contributed by atoms with E-state index >= 15 is 0 Å². The van der Waals surface area contributed by atoms with Crippen LogP contribution < -0.4 is 4.74 Å². The molecular weight excluding hydrogens is 568 g/mol. The van der Waals surface area contributed by atoms with E-state index in [1.54, 1.807) is 7.11 Å². The fourth-order valence-electron chi connectivity index (χ4n) is 3.00. The quantitative estimate of drug-likeness (QED) is 0.257. The lowest BCUT2D eigenvalue weighted by atomic mass is 10.0. The van der Waals surface area contributed by atoms with Gasteiger partial charge in [0.15, 0.2) is 0 Å².